The zero-order valence-electron chi connectivity index (χ0n) is 18.9. The predicted octanol–water partition coefficient (Wildman–Crippen LogP) is 3.27. The minimum absolute atomic E-state index is 0.104. The van der Waals surface area contributed by atoms with Crippen molar-refractivity contribution in [1.29, 1.82) is 0 Å². The third-order valence-corrected chi connectivity index (χ3v) is 5.33. The highest BCUT2D eigenvalue weighted by atomic mass is 16.6. The lowest BCUT2D eigenvalue weighted by molar-refractivity contribution is -0.385. The van der Waals surface area contributed by atoms with Crippen LogP contribution in [0.15, 0.2) is 47.5 Å². The summed E-state index contributed by atoms with van der Waals surface area (Å²) in [5, 5.41) is 26.3. The summed E-state index contributed by atoms with van der Waals surface area (Å²) in [6.07, 6.45) is 3.01. The summed E-state index contributed by atoms with van der Waals surface area (Å²) in [6.45, 7) is 0.481. The number of nitro benzene ring substituents is 2. The largest absolute Gasteiger partial charge is 0.377 e. The molecule has 0 aliphatic carbocycles. The van der Waals surface area contributed by atoms with E-state index < -0.39 is 9.85 Å². The number of hydrogen-bond donors (Lipinski definition) is 1. The van der Waals surface area contributed by atoms with Crippen LogP contribution < -0.4 is 15.1 Å². The fourth-order valence-corrected chi connectivity index (χ4v) is 3.49. The van der Waals surface area contributed by atoms with E-state index in [1.54, 1.807) is 62.3 Å². The summed E-state index contributed by atoms with van der Waals surface area (Å²) in [7, 11) is 7.14. The molecule has 1 fully saturated rings. The lowest BCUT2D eigenvalue weighted by Crippen LogP contribution is -2.32. The van der Waals surface area contributed by atoms with Crippen LogP contribution in [0, 0.1) is 20.2 Å². The number of ketones is 1. The van der Waals surface area contributed by atoms with E-state index >= 15 is 0 Å². The molecule has 1 heterocycles. The number of nitro groups is 2. The Balaban J connectivity index is 2.00. The smallest absolute Gasteiger partial charge is 0.278 e. The SMILES string of the molecule is CN(C)c1ccc(/C=C2/CNC/C(=C\c3ccc(N(C)C)cc3[N+](=O)[O-])C2=O)c([N+](=O)[O-])c1. The molecule has 1 aliphatic heterocycles. The van der Waals surface area contributed by atoms with Crippen LogP contribution in [-0.2, 0) is 4.79 Å². The summed E-state index contributed by atoms with van der Waals surface area (Å²) >= 11 is 0. The van der Waals surface area contributed by atoms with Gasteiger partial charge in [0.05, 0.1) is 21.0 Å². The van der Waals surface area contributed by atoms with Gasteiger partial charge in [-0.1, -0.05) is 0 Å². The van der Waals surface area contributed by atoms with Crippen LogP contribution in [0.2, 0.25) is 0 Å². The van der Waals surface area contributed by atoms with E-state index in [4.69, 9.17) is 0 Å². The van der Waals surface area contributed by atoms with Gasteiger partial charge in [-0.05, 0) is 36.4 Å². The van der Waals surface area contributed by atoms with Gasteiger partial charge < -0.3 is 15.1 Å². The average molecular weight is 451 g/mol. The highest BCUT2D eigenvalue weighted by Gasteiger charge is 2.24. The van der Waals surface area contributed by atoms with E-state index in [9.17, 15) is 25.0 Å². The van der Waals surface area contributed by atoms with Crippen LogP contribution in [0.4, 0.5) is 22.7 Å². The van der Waals surface area contributed by atoms with Crippen molar-refractivity contribution >= 4 is 40.7 Å². The van der Waals surface area contributed by atoms with Gasteiger partial charge >= 0.3 is 0 Å². The normalized spacial score (nSPS) is 16.2. The van der Waals surface area contributed by atoms with Gasteiger partial charge in [-0.3, -0.25) is 25.0 Å². The maximum atomic E-state index is 13.1. The molecule has 0 aromatic heterocycles. The Labute approximate surface area is 191 Å². The van der Waals surface area contributed by atoms with Gasteiger partial charge in [-0.15, -0.1) is 0 Å². The van der Waals surface area contributed by atoms with Crippen LogP contribution >= 0.6 is 0 Å². The molecule has 1 N–H and O–H groups in total. The molecule has 3 rings (SSSR count). The molecule has 0 radical (unpaired) electrons. The number of anilines is 2. The van der Waals surface area contributed by atoms with Crippen LogP contribution in [-0.4, -0.2) is 56.9 Å². The van der Waals surface area contributed by atoms with Crippen molar-refractivity contribution in [3.05, 3.63) is 78.9 Å². The van der Waals surface area contributed by atoms with Gasteiger partial charge in [0.2, 0.25) is 0 Å². The van der Waals surface area contributed by atoms with Crippen molar-refractivity contribution in [3.63, 3.8) is 0 Å². The summed E-state index contributed by atoms with van der Waals surface area (Å²) in [5.41, 5.74) is 2.47. The summed E-state index contributed by atoms with van der Waals surface area (Å²) in [4.78, 5) is 38.8. The fourth-order valence-electron chi connectivity index (χ4n) is 3.49. The summed E-state index contributed by atoms with van der Waals surface area (Å²) in [5.74, 6) is -0.300. The molecular formula is C23H25N5O5. The summed E-state index contributed by atoms with van der Waals surface area (Å²) in [6, 6.07) is 9.62. The lowest BCUT2D eigenvalue weighted by atomic mass is 9.95. The van der Waals surface area contributed by atoms with Gasteiger partial charge in [0, 0.05) is 75.9 Å². The number of nitrogens with one attached hydrogen (secondary N) is 1. The van der Waals surface area contributed by atoms with Crippen LogP contribution in [0.1, 0.15) is 11.1 Å². The Morgan fingerprint density at radius 1 is 0.788 bits per heavy atom. The molecule has 2 aromatic rings. The van der Waals surface area contributed by atoms with E-state index in [2.05, 4.69) is 5.32 Å². The minimum Gasteiger partial charge on any atom is -0.377 e. The molecule has 0 amide bonds. The van der Waals surface area contributed by atoms with E-state index in [0.29, 0.717) is 33.6 Å². The summed E-state index contributed by atoms with van der Waals surface area (Å²) < 4.78 is 0. The Morgan fingerprint density at radius 3 is 1.52 bits per heavy atom. The molecule has 1 saturated heterocycles. The maximum absolute atomic E-state index is 13.1. The van der Waals surface area contributed by atoms with E-state index in [1.807, 2.05) is 0 Å². The standard InChI is InChI=1S/C23H25N5O5/c1-25(2)19-7-5-15(21(11-19)27(30)31)9-17-13-24-14-18(23(17)29)10-16-6-8-20(26(3)4)12-22(16)28(32)33/h5-12,24H,13-14H2,1-4H3/b17-9-,18-10+. The number of hydrogen-bond acceptors (Lipinski definition) is 8. The topological polar surface area (TPSA) is 122 Å². The molecule has 0 atom stereocenters. The molecule has 1 aliphatic rings. The third-order valence-electron chi connectivity index (χ3n) is 5.33. The number of piperidine rings is 1. The van der Waals surface area contributed by atoms with Crippen molar-refractivity contribution in [2.75, 3.05) is 51.1 Å². The van der Waals surface area contributed by atoms with Crippen LogP contribution in [0.25, 0.3) is 12.2 Å². The Hall–Kier alpha value is -4.05. The Morgan fingerprint density at radius 2 is 1.18 bits per heavy atom. The van der Waals surface area contributed by atoms with E-state index in [1.165, 1.54) is 24.3 Å². The van der Waals surface area contributed by atoms with E-state index in [0.717, 1.165) is 0 Å². The number of carbonyl (C=O) groups excluding carboxylic acids is 1. The average Bonchev–Trinajstić information content (AvgIpc) is 2.76. The zero-order valence-corrected chi connectivity index (χ0v) is 18.9. The van der Waals surface area contributed by atoms with Gasteiger partial charge in [-0.25, -0.2) is 0 Å². The predicted molar refractivity (Wildman–Crippen MR) is 129 cm³/mol. The Bertz CT molecular complexity index is 1090. The monoisotopic (exact) mass is 451 g/mol. The van der Waals surface area contributed by atoms with Gasteiger partial charge in [0.1, 0.15) is 0 Å². The van der Waals surface area contributed by atoms with Crippen molar-refractivity contribution in [1.82, 2.24) is 5.32 Å². The second-order valence-corrected chi connectivity index (χ2v) is 8.06. The highest BCUT2D eigenvalue weighted by Crippen LogP contribution is 2.30. The molecule has 0 bridgehead atoms. The third kappa shape index (κ3) is 5.24. The van der Waals surface area contributed by atoms with Crippen molar-refractivity contribution in [3.8, 4) is 0 Å². The molecule has 10 nitrogen and oxygen atoms in total. The number of nitrogens with zero attached hydrogens (tertiary/aromatic N) is 4. The first-order valence-electron chi connectivity index (χ1n) is 10.2. The second-order valence-electron chi connectivity index (χ2n) is 8.06. The lowest BCUT2D eigenvalue weighted by Gasteiger charge is -2.19. The Kier molecular flexibility index (Phi) is 6.88. The quantitative estimate of drug-likeness (QED) is 0.403. The van der Waals surface area contributed by atoms with Crippen LogP contribution in [0.5, 0.6) is 0 Å². The van der Waals surface area contributed by atoms with Crippen LogP contribution in [0.3, 0.4) is 0 Å². The molecule has 0 spiro atoms. The highest BCUT2D eigenvalue weighted by molar-refractivity contribution is 6.15. The molecule has 0 unspecified atom stereocenters. The van der Waals surface area contributed by atoms with Gasteiger partial charge in [0.15, 0.2) is 5.78 Å². The van der Waals surface area contributed by atoms with E-state index in [-0.39, 0.29) is 30.2 Å². The maximum Gasteiger partial charge on any atom is 0.278 e. The number of carbonyl (C=O) groups is 1. The first-order chi connectivity index (χ1) is 15.6. The van der Waals surface area contributed by atoms with Crippen molar-refractivity contribution in [2.24, 2.45) is 0 Å². The molecule has 10 heteroatoms. The minimum atomic E-state index is -0.480. The second kappa shape index (κ2) is 9.61. The molecule has 0 saturated carbocycles. The number of Topliss-reactive ketones (excluding diaryl/α,β-unsaturated/α-hetero) is 1. The van der Waals surface area contributed by atoms with Gasteiger partial charge in [0.25, 0.3) is 11.4 Å². The van der Waals surface area contributed by atoms with Crippen molar-refractivity contribution < 1.29 is 14.6 Å². The number of rotatable bonds is 6. The van der Waals surface area contributed by atoms with Gasteiger partial charge in [-0.2, -0.15) is 0 Å². The number of benzene rings is 2. The first kappa shape index (κ1) is 23.6. The fraction of sp³-hybridized carbons (Fsp3) is 0.261. The molecule has 33 heavy (non-hydrogen) atoms. The zero-order chi connectivity index (χ0) is 24.3. The molecule has 172 valence electrons. The molecule has 2 aromatic carbocycles. The van der Waals surface area contributed by atoms with Crippen molar-refractivity contribution in [2.45, 2.75) is 0 Å². The molecular weight excluding hydrogens is 426 g/mol. The first-order valence-corrected chi connectivity index (χ1v) is 10.2.